The van der Waals surface area contributed by atoms with E-state index in [1.54, 1.807) is 26.0 Å². The highest BCUT2D eigenvalue weighted by molar-refractivity contribution is 5.96. The van der Waals surface area contributed by atoms with Gasteiger partial charge in [0.15, 0.2) is 0 Å². The third-order valence-electron chi connectivity index (χ3n) is 9.37. The molecule has 6 atom stereocenters. The van der Waals surface area contributed by atoms with Crippen LogP contribution in [-0.4, -0.2) is 119 Å². The smallest absolute Gasteiger partial charge is 0.326 e. The summed E-state index contributed by atoms with van der Waals surface area (Å²) >= 11 is 0. The maximum atomic E-state index is 13.8. The maximum absolute atomic E-state index is 13.8. The first-order valence-corrected chi connectivity index (χ1v) is 19.5. The molecule has 6 amide bonds. The zero-order valence-corrected chi connectivity index (χ0v) is 32.7. The Hall–Kier alpha value is -4.81. The Labute approximate surface area is 328 Å². The Morgan fingerprint density at radius 2 is 1.55 bits per heavy atom. The Kier molecular flexibility index (Phi) is 21.4. The number of hydrogen-bond acceptors (Lipinski definition) is 11. The van der Waals surface area contributed by atoms with Crippen molar-refractivity contribution >= 4 is 41.4 Å². The molecule has 0 bridgehead atoms. The fraction of sp³-hybridized carbons (Fsp3) is 0.658. The quantitative estimate of drug-likeness (QED) is 0.0906. The van der Waals surface area contributed by atoms with E-state index in [0.717, 1.165) is 5.56 Å². The third-order valence-corrected chi connectivity index (χ3v) is 9.37. The number of hydrogen-bond donors (Lipinski definition) is 11. The molecule has 1 saturated heterocycles. The Bertz CT molecular complexity index is 1440. The molecule has 1 heterocycles. The van der Waals surface area contributed by atoms with Gasteiger partial charge in [-0.1, -0.05) is 32.4 Å². The summed E-state index contributed by atoms with van der Waals surface area (Å²) < 4.78 is 0. The van der Waals surface area contributed by atoms with E-state index in [1.807, 2.05) is 12.1 Å². The number of benzene rings is 1. The van der Waals surface area contributed by atoms with Crippen molar-refractivity contribution in [3.8, 4) is 5.75 Å². The van der Waals surface area contributed by atoms with Gasteiger partial charge in [0.25, 0.3) is 0 Å². The molecule has 0 saturated carbocycles. The molecule has 1 aliphatic heterocycles. The summed E-state index contributed by atoms with van der Waals surface area (Å²) in [7, 11) is 0. The molecule has 18 heteroatoms. The fourth-order valence-electron chi connectivity index (χ4n) is 6.02. The summed E-state index contributed by atoms with van der Waals surface area (Å²) in [4.78, 5) is 91.3. The second-order valence-electron chi connectivity index (χ2n) is 14.5. The molecule has 1 aromatic rings. The number of aryl methyl sites for hydroxylation is 1. The first kappa shape index (κ1) is 47.3. The van der Waals surface area contributed by atoms with Crippen LogP contribution in [0.1, 0.15) is 90.5 Å². The normalized spacial score (nSPS) is 21.1. The van der Waals surface area contributed by atoms with Gasteiger partial charge in [-0.25, -0.2) is 4.79 Å². The van der Waals surface area contributed by atoms with Gasteiger partial charge < -0.3 is 58.3 Å². The molecule has 1 aliphatic rings. The van der Waals surface area contributed by atoms with Gasteiger partial charge in [0.05, 0.1) is 12.1 Å². The van der Waals surface area contributed by atoms with Crippen LogP contribution < -0.4 is 43.0 Å². The Morgan fingerprint density at radius 3 is 2.20 bits per heavy atom. The van der Waals surface area contributed by atoms with Crippen molar-refractivity contribution in [3.63, 3.8) is 0 Å². The van der Waals surface area contributed by atoms with E-state index < -0.39 is 77.7 Å². The predicted octanol–water partition coefficient (Wildman–Crippen LogP) is -0.941. The number of carboxylic acid groups (broad SMARTS) is 1. The average Bonchev–Trinajstić information content (AvgIpc) is 3.14. The SMILES string of the molecule is CC(C)[C@H](NC(=O)[C@@H]1CCC(=O)NCCC(=O)NCCCC[C@H](NC(=O)[C@H](CCCCN)NCCCc2ccc(O)cc2)C(=O)N[C@@H](C(C)O)C(=O)N1)C(=O)O. The van der Waals surface area contributed by atoms with Gasteiger partial charge in [0, 0.05) is 25.9 Å². The molecule has 12 N–H and O–H groups in total. The largest absolute Gasteiger partial charge is 0.508 e. The van der Waals surface area contributed by atoms with Gasteiger partial charge in [-0.15, -0.1) is 0 Å². The van der Waals surface area contributed by atoms with Crippen molar-refractivity contribution < 1.29 is 48.9 Å². The number of carbonyl (C=O) groups is 7. The number of rotatable bonds is 16. The van der Waals surface area contributed by atoms with Crippen LogP contribution in [0.5, 0.6) is 5.75 Å². The molecule has 0 aliphatic carbocycles. The lowest BCUT2D eigenvalue weighted by atomic mass is 10.0. The van der Waals surface area contributed by atoms with Crippen LogP contribution in [-0.2, 0) is 40.0 Å². The Morgan fingerprint density at radius 1 is 0.875 bits per heavy atom. The predicted molar refractivity (Wildman–Crippen MR) is 207 cm³/mol. The van der Waals surface area contributed by atoms with Crippen molar-refractivity contribution in [1.29, 1.82) is 0 Å². The lowest BCUT2D eigenvalue weighted by molar-refractivity contribution is -0.144. The molecule has 0 spiro atoms. The highest BCUT2D eigenvalue weighted by atomic mass is 16.4. The second-order valence-corrected chi connectivity index (χ2v) is 14.5. The van der Waals surface area contributed by atoms with Gasteiger partial charge in [-0.2, -0.15) is 0 Å². The number of aliphatic carboxylic acids is 1. The minimum atomic E-state index is -1.61. The molecule has 2 rings (SSSR count). The van der Waals surface area contributed by atoms with Crippen molar-refractivity contribution in [2.75, 3.05) is 26.2 Å². The molecule has 314 valence electrons. The molecule has 18 nitrogen and oxygen atoms in total. The summed E-state index contributed by atoms with van der Waals surface area (Å²) in [5.41, 5.74) is 6.72. The number of aliphatic hydroxyl groups is 1. The van der Waals surface area contributed by atoms with Crippen molar-refractivity contribution in [2.45, 2.75) is 128 Å². The molecule has 1 fully saturated rings. The van der Waals surface area contributed by atoms with Gasteiger partial charge in [-0.05, 0) is 95.0 Å². The summed E-state index contributed by atoms with van der Waals surface area (Å²) in [6.07, 6.45) is 2.01. The number of aliphatic hydroxyl groups excluding tert-OH is 1. The molecular weight excluding hydrogens is 728 g/mol. The van der Waals surface area contributed by atoms with E-state index >= 15 is 0 Å². The van der Waals surface area contributed by atoms with Gasteiger partial charge in [-0.3, -0.25) is 28.8 Å². The first-order chi connectivity index (χ1) is 26.6. The van der Waals surface area contributed by atoms with Crippen LogP contribution in [0.15, 0.2) is 24.3 Å². The third kappa shape index (κ3) is 17.8. The van der Waals surface area contributed by atoms with Crippen LogP contribution in [0.4, 0.5) is 0 Å². The number of carboxylic acids is 1. The number of phenolic OH excluding ortho intramolecular Hbond substituents is 1. The topological polar surface area (TPSA) is 290 Å². The fourth-order valence-corrected chi connectivity index (χ4v) is 6.02. The van der Waals surface area contributed by atoms with E-state index in [-0.39, 0.29) is 50.4 Å². The number of nitrogens with two attached hydrogens (primary N) is 1. The second kappa shape index (κ2) is 25.4. The van der Waals surface area contributed by atoms with Crippen LogP contribution in [0.3, 0.4) is 0 Å². The highest BCUT2D eigenvalue weighted by Gasteiger charge is 2.34. The minimum Gasteiger partial charge on any atom is -0.508 e. The molecule has 0 radical (unpaired) electrons. The summed E-state index contributed by atoms with van der Waals surface area (Å²) in [5.74, 6) is -5.60. The van der Waals surface area contributed by atoms with E-state index in [1.165, 1.54) is 6.92 Å². The highest BCUT2D eigenvalue weighted by Crippen LogP contribution is 2.12. The van der Waals surface area contributed by atoms with Crippen molar-refractivity contribution in [3.05, 3.63) is 29.8 Å². The Balaban J connectivity index is 2.31. The number of amides is 6. The minimum absolute atomic E-state index is 0.0102. The van der Waals surface area contributed by atoms with Crippen LogP contribution in [0.25, 0.3) is 0 Å². The molecule has 1 aromatic carbocycles. The lowest BCUT2D eigenvalue weighted by Crippen LogP contribution is -2.61. The average molecular weight is 791 g/mol. The summed E-state index contributed by atoms with van der Waals surface area (Å²) in [5, 5.41) is 48.6. The summed E-state index contributed by atoms with van der Waals surface area (Å²) in [6, 6.07) is 0.652. The number of unbranched alkanes of at least 4 members (excludes halogenated alkanes) is 1. The van der Waals surface area contributed by atoms with E-state index in [0.29, 0.717) is 58.0 Å². The zero-order chi connectivity index (χ0) is 41.6. The number of aromatic hydroxyl groups is 1. The molecular formula is C38H62N8O10. The zero-order valence-electron chi connectivity index (χ0n) is 32.7. The lowest BCUT2D eigenvalue weighted by Gasteiger charge is -2.28. The van der Waals surface area contributed by atoms with Gasteiger partial charge in [0.1, 0.15) is 29.9 Å². The standard InChI is InChI=1S/C38H62N8O10/c1-23(2)32(38(55)56)45-36(53)29-16-17-30(49)42-22-18-31(50)41-20-7-5-11-28(35(52)46-33(24(3)47)37(54)44-29)43-34(51)27(10-4-6-19-39)40-21-8-9-25-12-14-26(48)15-13-25/h12-15,23-24,27-29,32-33,40,47-48H,4-11,16-22,39H2,1-3H3,(H,41,50)(H,42,49)(H,43,51)(H,44,54)(H,45,53)(H,46,52)(H,55,56)/t24?,27-,28-,29-,32-,33-/m0/s1. The van der Waals surface area contributed by atoms with Crippen LogP contribution in [0.2, 0.25) is 0 Å². The van der Waals surface area contributed by atoms with E-state index in [4.69, 9.17) is 5.73 Å². The maximum Gasteiger partial charge on any atom is 0.326 e. The molecule has 1 unspecified atom stereocenters. The van der Waals surface area contributed by atoms with Crippen LogP contribution in [0, 0.1) is 5.92 Å². The molecule has 56 heavy (non-hydrogen) atoms. The molecule has 0 aromatic heterocycles. The van der Waals surface area contributed by atoms with Gasteiger partial charge in [0.2, 0.25) is 35.4 Å². The monoisotopic (exact) mass is 790 g/mol. The number of nitrogens with one attached hydrogen (secondary N) is 7. The van der Waals surface area contributed by atoms with Crippen LogP contribution >= 0.6 is 0 Å². The van der Waals surface area contributed by atoms with Gasteiger partial charge >= 0.3 is 5.97 Å². The van der Waals surface area contributed by atoms with E-state index in [9.17, 15) is 48.9 Å². The number of phenols is 1. The first-order valence-electron chi connectivity index (χ1n) is 19.5. The van der Waals surface area contributed by atoms with Crippen molar-refractivity contribution in [2.24, 2.45) is 11.7 Å². The summed E-state index contributed by atoms with van der Waals surface area (Å²) in [6.45, 7) is 5.61. The van der Waals surface area contributed by atoms with E-state index in [2.05, 4.69) is 37.2 Å². The number of carbonyl (C=O) groups excluding carboxylic acids is 6. The van der Waals surface area contributed by atoms with Crippen molar-refractivity contribution in [1.82, 2.24) is 37.2 Å².